The summed E-state index contributed by atoms with van der Waals surface area (Å²) in [6, 6.07) is 1.88. The van der Waals surface area contributed by atoms with Crippen molar-refractivity contribution in [3.05, 3.63) is 22.0 Å². The molecule has 0 fully saturated rings. The number of halogens is 1. The summed E-state index contributed by atoms with van der Waals surface area (Å²) in [7, 11) is 0. The van der Waals surface area contributed by atoms with E-state index in [2.05, 4.69) is 10.3 Å². The fourth-order valence-electron chi connectivity index (χ4n) is 1.50. The van der Waals surface area contributed by atoms with Crippen LogP contribution in [0.2, 0.25) is 5.15 Å². The predicted molar refractivity (Wildman–Crippen MR) is 67.5 cm³/mol. The lowest BCUT2D eigenvalue weighted by Crippen LogP contribution is -2.45. The molecule has 0 saturated carbocycles. The Bertz CT molecular complexity index is 541. The van der Waals surface area contributed by atoms with E-state index in [9.17, 15) is 10.2 Å². The van der Waals surface area contributed by atoms with Crippen molar-refractivity contribution in [1.29, 1.82) is 5.26 Å². The van der Waals surface area contributed by atoms with Crippen molar-refractivity contribution >= 4 is 28.1 Å². The SMILES string of the molecule is N#Cc1sc(NC2=CO[C@H](CO)[C@H](O)[C@@H]2O)nc1Cl. The Morgan fingerprint density at radius 3 is 2.89 bits per heavy atom. The summed E-state index contributed by atoms with van der Waals surface area (Å²) in [6.45, 7) is -0.413. The molecular formula is C10H10ClN3O4S. The number of anilines is 1. The Labute approximate surface area is 117 Å². The third-order valence-electron chi connectivity index (χ3n) is 2.51. The average molecular weight is 304 g/mol. The van der Waals surface area contributed by atoms with Crippen molar-refractivity contribution in [2.24, 2.45) is 0 Å². The molecule has 0 radical (unpaired) electrons. The van der Waals surface area contributed by atoms with Crippen LogP contribution in [0.3, 0.4) is 0 Å². The third kappa shape index (κ3) is 2.80. The minimum atomic E-state index is -1.26. The molecule has 0 aromatic carbocycles. The van der Waals surface area contributed by atoms with Gasteiger partial charge in [0.25, 0.3) is 0 Å². The van der Waals surface area contributed by atoms with Gasteiger partial charge < -0.3 is 25.4 Å². The van der Waals surface area contributed by atoms with Gasteiger partial charge in [-0.25, -0.2) is 4.98 Å². The molecule has 2 rings (SSSR count). The molecule has 19 heavy (non-hydrogen) atoms. The van der Waals surface area contributed by atoms with Gasteiger partial charge in [0.1, 0.15) is 35.5 Å². The maximum atomic E-state index is 9.84. The lowest BCUT2D eigenvalue weighted by atomic mass is 10.0. The molecule has 9 heteroatoms. The molecule has 0 bridgehead atoms. The van der Waals surface area contributed by atoms with E-state index in [-0.39, 0.29) is 15.7 Å². The van der Waals surface area contributed by atoms with Crippen LogP contribution in [-0.2, 0) is 4.74 Å². The maximum Gasteiger partial charge on any atom is 0.189 e. The Balaban J connectivity index is 2.15. The van der Waals surface area contributed by atoms with E-state index in [1.165, 1.54) is 6.26 Å². The van der Waals surface area contributed by atoms with E-state index < -0.39 is 24.9 Å². The summed E-state index contributed by atoms with van der Waals surface area (Å²) in [5.41, 5.74) is 0.173. The summed E-state index contributed by atoms with van der Waals surface area (Å²) >= 11 is 6.72. The summed E-state index contributed by atoms with van der Waals surface area (Å²) in [6.07, 6.45) is -2.20. The van der Waals surface area contributed by atoms with E-state index in [0.717, 1.165) is 11.3 Å². The van der Waals surface area contributed by atoms with Crippen LogP contribution in [0, 0.1) is 11.3 Å². The van der Waals surface area contributed by atoms with Gasteiger partial charge in [0.05, 0.1) is 12.3 Å². The highest BCUT2D eigenvalue weighted by Gasteiger charge is 2.34. The van der Waals surface area contributed by atoms with Gasteiger partial charge in [-0.3, -0.25) is 0 Å². The summed E-state index contributed by atoms with van der Waals surface area (Å²) in [5, 5.41) is 40.3. The largest absolute Gasteiger partial charge is 0.491 e. The van der Waals surface area contributed by atoms with Crippen LogP contribution in [0.4, 0.5) is 5.13 Å². The zero-order valence-electron chi connectivity index (χ0n) is 9.45. The molecule has 102 valence electrons. The van der Waals surface area contributed by atoms with Gasteiger partial charge in [0, 0.05) is 0 Å². The summed E-state index contributed by atoms with van der Waals surface area (Å²) in [5.74, 6) is 0. The van der Waals surface area contributed by atoms with Gasteiger partial charge in [-0.05, 0) is 0 Å². The smallest absolute Gasteiger partial charge is 0.189 e. The number of ether oxygens (including phenoxy) is 1. The van der Waals surface area contributed by atoms with Crippen LogP contribution in [-0.4, -0.2) is 45.2 Å². The van der Waals surface area contributed by atoms with E-state index in [1.807, 2.05) is 6.07 Å². The minimum Gasteiger partial charge on any atom is -0.491 e. The van der Waals surface area contributed by atoms with Crippen molar-refractivity contribution in [2.75, 3.05) is 11.9 Å². The lowest BCUT2D eigenvalue weighted by molar-refractivity contribution is -0.0856. The fraction of sp³-hybridized carbons (Fsp3) is 0.400. The van der Waals surface area contributed by atoms with Gasteiger partial charge in [0.15, 0.2) is 10.3 Å². The van der Waals surface area contributed by atoms with E-state index in [1.54, 1.807) is 0 Å². The molecule has 1 aliphatic rings. The first-order valence-electron chi connectivity index (χ1n) is 5.22. The minimum absolute atomic E-state index is 0.0654. The number of nitriles is 1. The molecule has 2 heterocycles. The topological polar surface area (TPSA) is 119 Å². The number of rotatable bonds is 3. The number of nitrogens with one attached hydrogen (secondary N) is 1. The predicted octanol–water partition coefficient (Wildman–Crippen LogP) is 0.0344. The first-order valence-corrected chi connectivity index (χ1v) is 6.42. The van der Waals surface area contributed by atoms with Gasteiger partial charge in [-0.2, -0.15) is 5.26 Å². The van der Waals surface area contributed by atoms with Crippen LogP contribution in [0.15, 0.2) is 12.0 Å². The molecule has 0 aliphatic carbocycles. The van der Waals surface area contributed by atoms with E-state index >= 15 is 0 Å². The van der Waals surface area contributed by atoms with Crippen LogP contribution >= 0.6 is 22.9 Å². The van der Waals surface area contributed by atoms with Crippen molar-refractivity contribution in [2.45, 2.75) is 18.3 Å². The number of aliphatic hydroxyl groups excluding tert-OH is 3. The molecule has 0 unspecified atom stereocenters. The zero-order chi connectivity index (χ0) is 14.0. The number of hydrogen-bond donors (Lipinski definition) is 4. The van der Waals surface area contributed by atoms with Gasteiger partial charge >= 0.3 is 0 Å². The van der Waals surface area contributed by atoms with Crippen LogP contribution in [0.1, 0.15) is 4.88 Å². The highest BCUT2D eigenvalue weighted by Crippen LogP contribution is 2.28. The standard InChI is InChI=1S/C10H10ClN3O4S/c11-9-6(1-12)19-10(14-9)13-4-3-18-5(2-15)8(17)7(4)16/h3,5,7-8,15-17H,2H2,(H,13,14)/t5-,7-,8+/m1/s1. The molecular weight excluding hydrogens is 294 g/mol. The third-order valence-corrected chi connectivity index (χ3v) is 3.77. The summed E-state index contributed by atoms with van der Waals surface area (Å²) < 4.78 is 5.05. The molecule has 1 aliphatic heterocycles. The van der Waals surface area contributed by atoms with Gasteiger partial charge in [0.2, 0.25) is 0 Å². The van der Waals surface area contributed by atoms with Crippen LogP contribution in [0.5, 0.6) is 0 Å². The zero-order valence-corrected chi connectivity index (χ0v) is 11.0. The van der Waals surface area contributed by atoms with Crippen molar-refractivity contribution in [1.82, 2.24) is 4.98 Å². The second-order valence-corrected chi connectivity index (χ2v) is 5.10. The van der Waals surface area contributed by atoms with Crippen molar-refractivity contribution < 1.29 is 20.1 Å². The van der Waals surface area contributed by atoms with E-state index in [0.29, 0.717) is 5.13 Å². The number of hydrogen-bond acceptors (Lipinski definition) is 8. The molecule has 1 aromatic heterocycles. The van der Waals surface area contributed by atoms with Crippen LogP contribution in [0.25, 0.3) is 0 Å². The molecule has 0 amide bonds. The monoisotopic (exact) mass is 303 g/mol. The van der Waals surface area contributed by atoms with E-state index in [4.69, 9.17) is 26.7 Å². The van der Waals surface area contributed by atoms with Crippen molar-refractivity contribution in [3.8, 4) is 6.07 Å². The Kier molecular flexibility index (Phi) is 4.24. The second kappa shape index (κ2) is 5.73. The molecule has 0 spiro atoms. The Hall–Kier alpha value is -1.37. The number of nitrogens with zero attached hydrogens (tertiary/aromatic N) is 2. The number of aliphatic hydroxyl groups is 3. The average Bonchev–Trinajstić information content (AvgIpc) is 2.75. The van der Waals surface area contributed by atoms with Gasteiger partial charge in [-0.15, -0.1) is 0 Å². The summed E-state index contributed by atoms with van der Waals surface area (Å²) in [4.78, 5) is 4.13. The molecule has 0 saturated heterocycles. The molecule has 3 atom stereocenters. The molecule has 1 aromatic rings. The maximum absolute atomic E-state index is 9.84. The first-order chi connectivity index (χ1) is 9.06. The first kappa shape index (κ1) is 14.0. The van der Waals surface area contributed by atoms with Gasteiger partial charge in [-0.1, -0.05) is 22.9 Å². The number of thiazole rings is 1. The van der Waals surface area contributed by atoms with Crippen LogP contribution < -0.4 is 5.32 Å². The highest BCUT2D eigenvalue weighted by atomic mass is 35.5. The highest BCUT2D eigenvalue weighted by molar-refractivity contribution is 7.16. The normalized spacial score (nSPS) is 26.3. The lowest BCUT2D eigenvalue weighted by Gasteiger charge is -2.31. The quantitative estimate of drug-likeness (QED) is 0.622. The van der Waals surface area contributed by atoms with Crippen molar-refractivity contribution in [3.63, 3.8) is 0 Å². The molecule has 7 nitrogen and oxygen atoms in total. The second-order valence-electron chi connectivity index (χ2n) is 3.74. The Morgan fingerprint density at radius 2 is 2.32 bits per heavy atom. The Morgan fingerprint density at radius 1 is 1.58 bits per heavy atom. The fourth-order valence-corrected chi connectivity index (χ4v) is 2.47. The molecule has 4 N–H and O–H groups in total. The number of aromatic nitrogens is 1.